The highest BCUT2D eigenvalue weighted by Crippen LogP contribution is 2.21. The summed E-state index contributed by atoms with van der Waals surface area (Å²) in [5, 5.41) is 0. The van der Waals surface area contributed by atoms with Crippen molar-refractivity contribution in [3.63, 3.8) is 0 Å². The Balaban J connectivity index is 2.09. The number of benzene rings is 1. The third-order valence-corrected chi connectivity index (χ3v) is 3.95. The van der Waals surface area contributed by atoms with Gasteiger partial charge in [0, 0.05) is 6.61 Å². The van der Waals surface area contributed by atoms with Crippen molar-refractivity contribution in [2.24, 2.45) is 5.84 Å². The van der Waals surface area contributed by atoms with Crippen LogP contribution in [0.25, 0.3) is 0 Å². The number of ether oxygens (including phenoxy) is 1. The van der Waals surface area contributed by atoms with E-state index in [0.29, 0.717) is 0 Å². The molecule has 3 nitrogen and oxygen atoms in total. The van der Waals surface area contributed by atoms with E-state index in [1.54, 1.807) is 0 Å². The van der Waals surface area contributed by atoms with Crippen molar-refractivity contribution < 1.29 is 4.74 Å². The maximum absolute atomic E-state index is 5.84. The molecule has 2 unspecified atom stereocenters. The Morgan fingerprint density at radius 1 is 1.33 bits per heavy atom. The topological polar surface area (TPSA) is 47.3 Å². The summed E-state index contributed by atoms with van der Waals surface area (Å²) in [6, 6.07) is 6.65. The van der Waals surface area contributed by atoms with Crippen LogP contribution in [0.1, 0.15) is 36.0 Å². The standard InChI is InChI=1S/C15H24N2O/c1-11-6-5-7-12(2)13(11)10-14(17-16)15-8-3-4-9-18-15/h5-7,14-15,17H,3-4,8-10,16H2,1-2H3. The highest BCUT2D eigenvalue weighted by atomic mass is 16.5. The second-order valence-corrected chi connectivity index (χ2v) is 5.25. The Morgan fingerprint density at radius 2 is 2.06 bits per heavy atom. The Labute approximate surface area is 110 Å². The zero-order chi connectivity index (χ0) is 13.0. The fraction of sp³-hybridized carbons (Fsp3) is 0.600. The molecule has 3 N–H and O–H groups in total. The van der Waals surface area contributed by atoms with Gasteiger partial charge < -0.3 is 4.74 Å². The van der Waals surface area contributed by atoms with Gasteiger partial charge in [0.25, 0.3) is 0 Å². The fourth-order valence-electron chi connectivity index (χ4n) is 2.77. The molecule has 3 heteroatoms. The second-order valence-electron chi connectivity index (χ2n) is 5.25. The average Bonchev–Trinajstić information content (AvgIpc) is 2.40. The third kappa shape index (κ3) is 3.10. The first-order chi connectivity index (χ1) is 8.72. The molecule has 1 aromatic rings. The Hall–Kier alpha value is -0.900. The number of hydrazine groups is 1. The van der Waals surface area contributed by atoms with Gasteiger partial charge in [-0.25, -0.2) is 0 Å². The number of nitrogens with one attached hydrogen (secondary N) is 1. The lowest BCUT2D eigenvalue weighted by Crippen LogP contribution is -2.47. The van der Waals surface area contributed by atoms with Crippen LogP contribution in [0.5, 0.6) is 0 Å². The van der Waals surface area contributed by atoms with Gasteiger partial charge in [0.05, 0.1) is 12.1 Å². The van der Waals surface area contributed by atoms with E-state index in [-0.39, 0.29) is 12.1 Å². The Morgan fingerprint density at radius 3 is 2.61 bits per heavy atom. The summed E-state index contributed by atoms with van der Waals surface area (Å²) in [6.07, 6.45) is 4.73. The highest BCUT2D eigenvalue weighted by molar-refractivity contribution is 5.34. The van der Waals surface area contributed by atoms with Gasteiger partial charge in [0.1, 0.15) is 0 Å². The van der Waals surface area contributed by atoms with Gasteiger partial charge in [-0.15, -0.1) is 0 Å². The quantitative estimate of drug-likeness (QED) is 0.634. The molecule has 1 aliphatic rings. The summed E-state index contributed by atoms with van der Waals surface area (Å²) in [7, 11) is 0. The first kappa shape index (κ1) is 13.5. The van der Waals surface area contributed by atoms with E-state index < -0.39 is 0 Å². The predicted octanol–water partition coefficient (Wildman–Crippen LogP) is 2.25. The summed E-state index contributed by atoms with van der Waals surface area (Å²) < 4.78 is 5.84. The summed E-state index contributed by atoms with van der Waals surface area (Å²) in [6.45, 7) is 5.20. The smallest absolute Gasteiger partial charge is 0.0744 e. The molecule has 0 bridgehead atoms. The Bertz CT molecular complexity index is 366. The molecule has 1 heterocycles. The summed E-state index contributed by atoms with van der Waals surface area (Å²) in [4.78, 5) is 0. The normalized spacial score (nSPS) is 21.8. The van der Waals surface area contributed by atoms with Crippen LogP contribution in [0.2, 0.25) is 0 Å². The molecule has 0 spiro atoms. The van der Waals surface area contributed by atoms with E-state index in [0.717, 1.165) is 19.4 Å². The Kier molecular flexibility index (Phi) is 4.75. The van der Waals surface area contributed by atoms with Crippen molar-refractivity contribution in [1.29, 1.82) is 0 Å². The van der Waals surface area contributed by atoms with Gasteiger partial charge in [-0.2, -0.15) is 0 Å². The summed E-state index contributed by atoms with van der Waals surface area (Å²) in [5.41, 5.74) is 7.03. The minimum absolute atomic E-state index is 0.213. The molecule has 0 aromatic heterocycles. The van der Waals surface area contributed by atoms with E-state index in [9.17, 15) is 0 Å². The summed E-state index contributed by atoms with van der Waals surface area (Å²) >= 11 is 0. The number of nitrogens with two attached hydrogens (primary N) is 1. The molecule has 1 aliphatic heterocycles. The molecule has 1 saturated heterocycles. The lowest BCUT2D eigenvalue weighted by atomic mass is 9.92. The van der Waals surface area contributed by atoms with Crippen LogP contribution in [-0.4, -0.2) is 18.8 Å². The molecule has 2 rings (SSSR count). The SMILES string of the molecule is Cc1cccc(C)c1CC(NN)C1CCCCO1. The van der Waals surface area contributed by atoms with E-state index in [4.69, 9.17) is 10.6 Å². The van der Waals surface area contributed by atoms with Crippen LogP contribution >= 0.6 is 0 Å². The van der Waals surface area contributed by atoms with Gasteiger partial charge in [0.2, 0.25) is 0 Å². The molecule has 18 heavy (non-hydrogen) atoms. The molecule has 100 valence electrons. The monoisotopic (exact) mass is 248 g/mol. The first-order valence-corrected chi connectivity index (χ1v) is 6.85. The van der Waals surface area contributed by atoms with Crippen molar-refractivity contribution in [2.75, 3.05) is 6.61 Å². The molecule has 0 saturated carbocycles. The minimum atomic E-state index is 0.213. The van der Waals surface area contributed by atoms with E-state index in [2.05, 4.69) is 37.5 Å². The molecular formula is C15H24N2O. The minimum Gasteiger partial charge on any atom is -0.377 e. The molecule has 2 atom stereocenters. The van der Waals surface area contributed by atoms with Crippen LogP contribution in [0.15, 0.2) is 18.2 Å². The highest BCUT2D eigenvalue weighted by Gasteiger charge is 2.24. The van der Waals surface area contributed by atoms with E-state index in [1.807, 2.05) is 0 Å². The van der Waals surface area contributed by atoms with Crippen LogP contribution in [0.4, 0.5) is 0 Å². The van der Waals surface area contributed by atoms with Gasteiger partial charge in [0.15, 0.2) is 0 Å². The van der Waals surface area contributed by atoms with Crippen molar-refractivity contribution in [1.82, 2.24) is 5.43 Å². The predicted molar refractivity (Wildman–Crippen MR) is 74.3 cm³/mol. The average molecular weight is 248 g/mol. The van der Waals surface area contributed by atoms with Crippen molar-refractivity contribution in [2.45, 2.75) is 51.7 Å². The zero-order valence-electron chi connectivity index (χ0n) is 11.4. The molecule has 0 amide bonds. The third-order valence-electron chi connectivity index (χ3n) is 3.95. The van der Waals surface area contributed by atoms with Gasteiger partial charge in [-0.3, -0.25) is 11.3 Å². The largest absolute Gasteiger partial charge is 0.377 e. The lowest BCUT2D eigenvalue weighted by molar-refractivity contribution is -0.00748. The molecule has 0 radical (unpaired) electrons. The lowest BCUT2D eigenvalue weighted by Gasteiger charge is -2.30. The number of rotatable bonds is 4. The number of hydrogen-bond donors (Lipinski definition) is 2. The first-order valence-electron chi connectivity index (χ1n) is 6.85. The van der Waals surface area contributed by atoms with Crippen LogP contribution < -0.4 is 11.3 Å². The summed E-state index contributed by atoms with van der Waals surface area (Å²) in [5.74, 6) is 5.72. The van der Waals surface area contributed by atoms with Crippen LogP contribution in [-0.2, 0) is 11.2 Å². The van der Waals surface area contributed by atoms with Crippen LogP contribution in [0, 0.1) is 13.8 Å². The molecule has 0 aliphatic carbocycles. The molecular weight excluding hydrogens is 224 g/mol. The van der Waals surface area contributed by atoms with Gasteiger partial charge >= 0.3 is 0 Å². The van der Waals surface area contributed by atoms with Crippen molar-refractivity contribution in [3.05, 3.63) is 34.9 Å². The van der Waals surface area contributed by atoms with Crippen molar-refractivity contribution >= 4 is 0 Å². The number of hydrogen-bond acceptors (Lipinski definition) is 3. The van der Waals surface area contributed by atoms with Crippen molar-refractivity contribution in [3.8, 4) is 0 Å². The number of aryl methyl sites for hydroxylation is 2. The van der Waals surface area contributed by atoms with Gasteiger partial charge in [-0.1, -0.05) is 18.2 Å². The van der Waals surface area contributed by atoms with E-state index in [1.165, 1.54) is 29.5 Å². The fourth-order valence-corrected chi connectivity index (χ4v) is 2.77. The maximum Gasteiger partial charge on any atom is 0.0744 e. The van der Waals surface area contributed by atoms with E-state index >= 15 is 0 Å². The van der Waals surface area contributed by atoms with Crippen LogP contribution in [0.3, 0.4) is 0 Å². The van der Waals surface area contributed by atoms with Gasteiger partial charge in [-0.05, 0) is 56.2 Å². The second kappa shape index (κ2) is 6.32. The zero-order valence-corrected chi connectivity index (χ0v) is 11.4. The molecule has 1 aromatic carbocycles. The maximum atomic E-state index is 5.84. The molecule has 1 fully saturated rings.